The van der Waals surface area contributed by atoms with Gasteiger partial charge in [-0.05, 0) is 64.6 Å². The Labute approximate surface area is 126 Å². The van der Waals surface area contributed by atoms with Crippen molar-refractivity contribution in [1.82, 2.24) is 10.2 Å². The van der Waals surface area contributed by atoms with E-state index in [1.165, 1.54) is 38.6 Å². The minimum Gasteiger partial charge on any atom is -0.394 e. The first kappa shape index (κ1) is 17.9. The number of aliphatic hydroxyl groups is 1. The van der Waals surface area contributed by atoms with Gasteiger partial charge < -0.3 is 15.3 Å². The van der Waals surface area contributed by atoms with Crippen molar-refractivity contribution in [2.24, 2.45) is 5.92 Å². The Morgan fingerprint density at radius 3 is 2.50 bits per heavy atom. The van der Waals surface area contributed by atoms with Crippen molar-refractivity contribution in [3.05, 3.63) is 0 Å². The fourth-order valence-electron chi connectivity index (χ4n) is 3.44. The highest BCUT2D eigenvalue weighted by atomic mass is 16.3. The van der Waals surface area contributed by atoms with Gasteiger partial charge >= 0.3 is 0 Å². The molecule has 0 radical (unpaired) electrons. The normalized spacial score (nSPS) is 19.6. The quantitative estimate of drug-likeness (QED) is 0.612. The highest BCUT2D eigenvalue weighted by Gasteiger charge is 2.26. The molecular formula is C17H36N2O. The first-order valence-electron chi connectivity index (χ1n) is 8.70. The van der Waals surface area contributed by atoms with Gasteiger partial charge in [-0.25, -0.2) is 0 Å². The minimum atomic E-state index is -0.0514. The minimum absolute atomic E-state index is 0.0514. The third-order valence-electron chi connectivity index (χ3n) is 4.97. The van der Waals surface area contributed by atoms with Gasteiger partial charge in [0.25, 0.3) is 0 Å². The summed E-state index contributed by atoms with van der Waals surface area (Å²) in [5.74, 6) is 0.937. The van der Waals surface area contributed by atoms with Crippen molar-refractivity contribution in [1.29, 1.82) is 0 Å². The molecule has 0 aromatic carbocycles. The Hall–Kier alpha value is -0.120. The summed E-state index contributed by atoms with van der Waals surface area (Å²) in [6.07, 6.45) is 10.1. The molecule has 2 N–H and O–H groups in total. The number of aliphatic hydroxyl groups excluding tert-OH is 1. The van der Waals surface area contributed by atoms with Gasteiger partial charge in [0, 0.05) is 12.1 Å². The first-order chi connectivity index (χ1) is 9.65. The lowest BCUT2D eigenvalue weighted by molar-refractivity contribution is 0.139. The van der Waals surface area contributed by atoms with Crippen LogP contribution in [0, 0.1) is 5.92 Å². The van der Waals surface area contributed by atoms with E-state index in [9.17, 15) is 5.11 Å². The molecule has 1 atom stereocenters. The van der Waals surface area contributed by atoms with Crippen LogP contribution in [0.5, 0.6) is 0 Å². The van der Waals surface area contributed by atoms with Crippen LogP contribution in [0.2, 0.25) is 0 Å². The van der Waals surface area contributed by atoms with E-state index in [-0.39, 0.29) is 12.1 Å². The van der Waals surface area contributed by atoms with Gasteiger partial charge in [-0.3, -0.25) is 0 Å². The van der Waals surface area contributed by atoms with Gasteiger partial charge in [0.05, 0.1) is 6.61 Å². The van der Waals surface area contributed by atoms with Gasteiger partial charge in [0.15, 0.2) is 0 Å². The summed E-state index contributed by atoms with van der Waals surface area (Å²) in [6, 6.07) is 0. The molecule has 20 heavy (non-hydrogen) atoms. The Balaban J connectivity index is 2.24. The maximum Gasteiger partial charge on any atom is 0.0613 e. The van der Waals surface area contributed by atoms with Gasteiger partial charge in [-0.2, -0.15) is 0 Å². The predicted octanol–water partition coefficient (Wildman–Crippen LogP) is 3.03. The number of hydrogen-bond acceptors (Lipinski definition) is 3. The number of hydrogen-bond donors (Lipinski definition) is 2. The van der Waals surface area contributed by atoms with Crippen molar-refractivity contribution >= 4 is 0 Å². The zero-order valence-electron chi connectivity index (χ0n) is 14.0. The van der Waals surface area contributed by atoms with Crippen molar-refractivity contribution in [3.63, 3.8) is 0 Å². The Bertz CT molecular complexity index is 235. The fraction of sp³-hybridized carbons (Fsp3) is 1.00. The van der Waals surface area contributed by atoms with Gasteiger partial charge in [-0.1, -0.05) is 26.7 Å². The average molecular weight is 284 g/mol. The maximum absolute atomic E-state index is 9.72. The topological polar surface area (TPSA) is 35.5 Å². The van der Waals surface area contributed by atoms with Crippen LogP contribution in [0.3, 0.4) is 0 Å². The Morgan fingerprint density at radius 1 is 1.25 bits per heavy atom. The molecule has 0 spiro atoms. The zero-order chi connectivity index (χ0) is 14.8. The summed E-state index contributed by atoms with van der Waals surface area (Å²) in [4.78, 5) is 2.49. The second kappa shape index (κ2) is 9.75. The van der Waals surface area contributed by atoms with E-state index in [0.717, 1.165) is 38.3 Å². The molecule has 1 fully saturated rings. The summed E-state index contributed by atoms with van der Waals surface area (Å²) < 4.78 is 0. The molecule has 0 aliphatic heterocycles. The predicted molar refractivity (Wildman–Crippen MR) is 87.1 cm³/mol. The smallest absolute Gasteiger partial charge is 0.0613 e. The van der Waals surface area contributed by atoms with Crippen molar-refractivity contribution in [3.8, 4) is 0 Å². The van der Waals surface area contributed by atoms with E-state index in [1.807, 2.05) is 0 Å². The van der Waals surface area contributed by atoms with E-state index in [1.54, 1.807) is 0 Å². The number of rotatable bonds is 11. The van der Waals surface area contributed by atoms with E-state index < -0.39 is 0 Å². The van der Waals surface area contributed by atoms with Crippen molar-refractivity contribution in [2.45, 2.75) is 70.8 Å². The summed E-state index contributed by atoms with van der Waals surface area (Å²) in [6.45, 7) is 8.05. The van der Waals surface area contributed by atoms with Crippen LogP contribution in [-0.2, 0) is 0 Å². The molecule has 1 rings (SSSR count). The standard InChI is InChI=1S/C17H36N2O/c1-4-12-18-17(5-2,15-20)11-8-13-19(3)14-16-9-6-7-10-16/h16,18,20H,4-15H2,1-3H3. The summed E-state index contributed by atoms with van der Waals surface area (Å²) in [7, 11) is 2.25. The molecule has 0 aromatic heterocycles. The summed E-state index contributed by atoms with van der Waals surface area (Å²) in [5.41, 5.74) is -0.0514. The van der Waals surface area contributed by atoms with Crippen LogP contribution >= 0.6 is 0 Å². The molecule has 1 saturated carbocycles. The van der Waals surface area contributed by atoms with Gasteiger partial charge in [0.1, 0.15) is 0 Å². The molecule has 0 saturated heterocycles. The highest BCUT2D eigenvalue weighted by molar-refractivity contribution is 4.86. The molecule has 0 amide bonds. The van der Waals surface area contributed by atoms with Crippen LogP contribution < -0.4 is 5.32 Å². The molecule has 3 heteroatoms. The molecule has 1 aliphatic rings. The average Bonchev–Trinajstić information content (AvgIpc) is 2.96. The Kier molecular flexibility index (Phi) is 8.74. The third kappa shape index (κ3) is 6.11. The SMILES string of the molecule is CCCNC(CC)(CO)CCCN(C)CC1CCCC1. The van der Waals surface area contributed by atoms with Crippen LogP contribution in [-0.4, -0.2) is 48.8 Å². The van der Waals surface area contributed by atoms with E-state index in [4.69, 9.17) is 0 Å². The second-order valence-electron chi connectivity index (χ2n) is 6.74. The molecular weight excluding hydrogens is 248 g/mol. The van der Waals surface area contributed by atoms with E-state index in [0.29, 0.717) is 0 Å². The molecule has 1 aliphatic carbocycles. The molecule has 1 unspecified atom stereocenters. The van der Waals surface area contributed by atoms with E-state index in [2.05, 4.69) is 31.1 Å². The largest absolute Gasteiger partial charge is 0.394 e. The van der Waals surface area contributed by atoms with Crippen LogP contribution in [0.4, 0.5) is 0 Å². The van der Waals surface area contributed by atoms with Gasteiger partial charge in [0.2, 0.25) is 0 Å². The van der Waals surface area contributed by atoms with Crippen molar-refractivity contribution in [2.75, 3.05) is 33.3 Å². The number of nitrogens with one attached hydrogen (secondary N) is 1. The maximum atomic E-state index is 9.72. The second-order valence-corrected chi connectivity index (χ2v) is 6.74. The van der Waals surface area contributed by atoms with Crippen LogP contribution in [0.1, 0.15) is 65.2 Å². The zero-order valence-corrected chi connectivity index (χ0v) is 14.0. The Morgan fingerprint density at radius 2 is 1.95 bits per heavy atom. The van der Waals surface area contributed by atoms with Crippen LogP contribution in [0.15, 0.2) is 0 Å². The molecule has 120 valence electrons. The van der Waals surface area contributed by atoms with Crippen molar-refractivity contribution < 1.29 is 5.11 Å². The summed E-state index contributed by atoms with van der Waals surface area (Å²) in [5, 5.41) is 13.3. The molecule has 0 aromatic rings. The van der Waals surface area contributed by atoms with E-state index >= 15 is 0 Å². The number of nitrogens with zero attached hydrogens (tertiary/aromatic N) is 1. The van der Waals surface area contributed by atoms with Gasteiger partial charge in [-0.15, -0.1) is 0 Å². The lowest BCUT2D eigenvalue weighted by atomic mass is 9.91. The van der Waals surface area contributed by atoms with Crippen LogP contribution in [0.25, 0.3) is 0 Å². The lowest BCUT2D eigenvalue weighted by Gasteiger charge is -2.33. The first-order valence-corrected chi connectivity index (χ1v) is 8.70. The third-order valence-corrected chi connectivity index (χ3v) is 4.97. The molecule has 3 nitrogen and oxygen atoms in total. The molecule has 0 bridgehead atoms. The highest BCUT2D eigenvalue weighted by Crippen LogP contribution is 2.25. The summed E-state index contributed by atoms with van der Waals surface area (Å²) >= 11 is 0. The fourth-order valence-corrected chi connectivity index (χ4v) is 3.44. The monoisotopic (exact) mass is 284 g/mol. The molecule has 0 heterocycles. The lowest BCUT2D eigenvalue weighted by Crippen LogP contribution is -2.48.